The predicted molar refractivity (Wildman–Crippen MR) is 76.8 cm³/mol. The van der Waals surface area contributed by atoms with Crippen molar-refractivity contribution in [3.8, 4) is 5.75 Å². The lowest BCUT2D eigenvalue weighted by Crippen LogP contribution is -1.98. The largest absolute Gasteiger partial charge is 0.494 e. The van der Waals surface area contributed by atoms with Crippen molar-refractivity contribution < 1.29 is 4.74 Å². The molecule has 0 aliphatic rings. The number of hydrogen-bond acceptors (Lipinski definition) is 3. The van der Waals surface area contributed by atoms with E-state index in [0.717, 1.165) is 17.1 Å². The Morgan fingerprint density at radius 1 is 1.17 bits per heavy atom. The van der Waals surface area contributed by atoms with Crippen molar-refractivity contribution in [3.63, 3.8) is 0 Å². The highest BCUT2D eigenvalue weighted by atomic mass is 35.5. The number of rotatable bonds is 4. The summed E-state index contributed by atoms with van der Waals surface area (Å²) in [7, 11) is 0. The van der Waals surface area contributed by atoms with E-state index in [0.29, 0.717) is 17.3 Å². The predicted octanol–water partition coefficient (Wildman–Crippen LogP) is 4.06. The standard InChI is InChI=1S/C14H15ClN2O/c1-2-18-10-7-8-12(16)14(9-10)17-13-6-4-3-5-11(13)15/h3-9,17H,2,16H2,1H3. The van der Waals surface area contributed by atoms with Crippen LogP contribution in [0.25, 0.3) is 0 Å². The van der Waals surface area contributed by atoms with E-state index in [2.05, 4.69) is 5.32 Å². The van der Waals surface area contributed by atoms with Gasteiger partial charge in [-0.2, -0.15) is 0 Å². The van der Waals surface area contributed by atoms with Crippen LogP contribution in [0.1, 0.15) is 6.92 Å². The summed E-state index contributed by atoms with van der Waals surface area (Å²) in [4.78, 5) is 0. The molecule has 0 unspecified atom stereocenters. The molecular weight excluding hydrogens is 248 g/mol. The molecule has 0 saturated heterocycles. The van der Waals surface area contributed by atoms with Gasteiger partial charge in [-0.3, -0.25) is 0 Å². The van der Waals surface area contributed by atoms with Crippen LogP contribution in [0.15, 0.2) is 42.5 Å². The van der Waals surface area contributed by atoms with Gasteiger partial charge in [0.15, 0.2) is 0 Å². The first-order valence-corrected chi connectivity index (χ1v) is 6.12. The summed E-state index contributed by atoms with van der Waals surface area (Å²) in [5, 5.41) is 3.85. The Bertz CT molecular complexity index is 543. The Kier molecular flexibility index (Phi) is 3.95. The van der Waals surface area contributed by atoms with Gasteiger partial charge in [0.05, 0.1) is 28.7 Å². The fourth-order valence-electron chi connectivity index (χ4n) is 1.61. The number of halogens is 1. The summed E-state index contributed by atoms with van der Waals surface area (Å²) in [5.74, 6) is 0.779. The zero-order valence-corrected chi connectivity index (χ0v) is 10.9. The summed E-state index contributed by atoms with van der Waals surface area (Å²) in [6.45, 7) is 2.56. The van der Waals surface area contributed by atoms with Crippen LogP contribution in [-0.2, 0) is 0 Å². The molecule has 2 aromatic rings. The van der Waals surface area contributed by atoms with Crippen LogP contribution in [0, 0.1) is 0 Å². The normalized spacial score (nSPS) is 10.1. The van der Waals surface area contributed by atoms with Crippen LogP contribution in [-0.4, -0.2) is 6.61 Å². The summed E-state index contributed by atoms with van der Waals surface area (Å²) < 4.78 is 5.44. The molecule has 0 spiro atoms. The molecule has 18 heavy (non-hydrogen) atoms. The van der Waals surface area contributed by atoms with Gasteiger partial charge < -0.3 is 15.8 Å². The molecule has 0 heterocycles. The quantitative estimate of drug-likeness (QED) is 0.817. The fourth-order valence-corrected chi connectivity index (χ4v) is 1.79. The van der Waals surface area contributed by atoms with E-state index in [1.165, 1.54) is 0 Å². The third-order valence-electron chi connectivity index (χ3n) is 2.48. The zero-order chi connectivity index (χ0) is 13.0. The summed E-state index contributed by atoms with van der Waals surface area (Å²) in [6.07, 6.45) is 0. The summed E-state index contributed by atoms with van der Waals surface area (Å²) in [6, 6.07) is 13.0. The lowest BCUT2D eigenvalue weighted by molar-refractivity contribution is 0.340. The number of nitrogens with one attached hydrogen (secondary N) is 1. The fraction of sp³-hybridized carbons (Fsp3) is 0.143. The first-order chi connectivity index (χ1) is 8.70. The minimum atomic E-state index is 0.620. The minimum absolute atomic E-state index is 0.620. The molecule has 0 radical (unpaired) electrons. The van der Waals surface area contributed by atoms with Crippen LogP contribution in [0.5, 0.6) is 5.75 Å². The van der Waals surface area contributed by atoms with Crippen LogP contribution in [0.3, 0.4) is 0 Å². The van der Waals surface area contributed by atoms with E-state index in [4.69, 9.17) is 22.1 Å². The molecule has 0 aromatic heterocycles. The van der Waals surface area contributed by atoms with E-state index < -0.39 is 0 Å². The number of para-hydroxylation sites is 1. The molecule has 3 nitrogen and oxygen atoms in total. The number of nitrogens with two attached hydrogens (primary N) is 1. The second kappa shape index (κ2) is 5.65. The van der Waals surface area contributed by atoms with Crippen molar-refractivity contribution >= 4 is 28.7 Å². The SMILES string of the molecule is CCOc1ccc(N)c(Nc2ccccc2Cl)c1. The van der Waals surface area contributed by atoms with E-state index in [1.54, 1.807) is 0 Å². The lowest BCUT2D eigenvalue weighted by atomic mass is 10.2. The molecule has 2 aromatic carbocycles. The molecule has 94 valence electrons. The molecule has 2 rings (SSSR count). The Labute approximate surface area is 112 Å². The third-order valence-corrected chi connectivity index (χ3v) is 2.81. The Morgan fingerprint density at radius 2 is 1.94 bits per heavy atom. The molecular formula is C14H15ClN2O. The van der Waals surface area contributed by atoms with E-state index in [-0.39, 0.29) is 0 Å². The number of nitrogen functional groups attached to an aromatic ring is 1. The Balaban J connectivity index is 2.28. The van der Waals surface area contributed by atoms with Crippen molar-refractivity contribution in [2.45, 2.75) is 6.92 Å². The smallest absolute Gasteiger partial charge is 0.121 e. The first-order valence-electron chi connectivity index (χ1n) is 5.74. The highest BCUT2D eigenvalue weighted by Crippen LogP contribution is 2.30. The van der Waals surface area contributed by atoms with Gasteiger partial charge in [0, 0.05) is 6.07 Å². The van der Waals surface area contributed by atoms with Gasteiger partial charge in [-0.1, -0.05) is 23.7 Å². The molecule has 0 atom stereocenters. The van der Waals surface area contributed by atoms with Crippen LogP contribution >= 0.6 is 11.6 Å². The van der Waals surface area contributed by atoms with Gasteiger partial charge in [0.25, 0.3) is 0 Å². The number of benzene rings is 2. The van der Waals surface area contributed by atoms with Gasteiger partial charge in [-0.05, 0) is 31.2 Å². The second-order valence-electron chi connectivity index (χ2n) is 3.79. The molecule has 0 saturated carbocycles. The van der Waals surface area contributed by atoms with Crippen molar-refractivity contribution in [2.75, 3.05) is 17.7 Å². The monoisotopic (exact) mass is 262 g/mol. The van der Waals surface area contributed by atoms with Crippen molar-refractivity contribution in [2.24, 2.45) is 0 Å². The van der Waals surface area contributed by atoms with E-state index in [1.807, 2.05) is 49.4 Å². The van der Waals surface area contributed by atoms with Gasteiger partial charge >= 0.3 is 0 Å². The highest BCUT2D eigenvalue weighted by Gasteiger charge is 2.04. The topological polar surface area (TPSA) is 47.3 Å². The number of ether oxygens (including phenoxy) is 1. The molecule has 0 bridgehead atoms. The van der Waals surface area contributed by atoms with Gasteiger partial charge in [-0.15, -0.1) is 0 Å². The molecule has 0 fully saturated rings. The highest BCUT2D eigenvalue weighted by molar-refractivity contribution is 6.33. The molecule has 0 aliphatic heterocycles. The number of hydrogen-bond donors (Lipinski definition) is 2. The first kappa shape index (κ1) is 12.6. The lowest BCUT2D eigenvalue weighted by Gasteiger charge is -2.12. The average Bonchev–Trinajstić information content (AvgIpc) is 2.36. The van der Waals surface area contributed by atoms with E-state index >= 15 is 0 Å². The van der Waals surface area contributed by atoms with E-state index in [9.17, 15) is 0 Å². The van der Waals surface area contributed by atoms with Crippen molar-refractivity contribution in [3.05, 3.63) is 47.5 Å². The average molecular weight is 263 g/mol. The molecule has 4 heteroatoms. The zero-order valence-electron chi connectivity index (χ0n) is 10.1. The maximum atomic E-state index is 6.09. The van der Waals surface area contributed by atoms with Gasteiger partial charge in [0.1, 0.15) is 5.75 Å². The summed E-state index contributed by atoms with van der Waals surface area (Å²) in [5.41, 5.74) is 8.18. The Hall–Kier alpha value is -1.87. The molecule has 0 amide bonds. The molecule has 0 aliphatic carbocycles. The van der Waals surface area contributed by atoms with Crippen LogP contribution in [0.2, 0.25) is 5.02 Å². The Morgan fingerprint density at radius 3 is 2.67 bits per heavy atom. The van der Waals surface area contributed by atoms with Crippen molar-refractivity contribution in [1.82, 2.24) is 0 Å². The van der Waals surface area contributed by atoms with Crippen molar-refractivity contribution in [1.29, 1.82) is 0 Å². The summed E-state index contributed by atoms with van der Waals surface area (Å²) >= 11 is 6.09. The second-order valence-corrected chi connectivity index (χ2v) is 4.19. The maximum absolute atomic E-state index is 6.09. The van der Waals surface area contributed by atoms with Gasteiger partial charge in [-0.25, -0.2) is 0 Å². The maximum Gasteiger partial charge on any atom is 0.121 e. The minimum Gasteiger partial charge on any atom is -0.494 e. The number of anilines is 3. The third kappa shape index (κ3) is 2.87. The van der Waals surface area contributed by atoms with Gasteiger partial charge in [0.2, 0.25) is 0 Å². The van der Waals surface area contributed by atoms with Crippen LogP contribution in [0.4, 0.5) is 17.1 Å². The molecule has 3 N–H and O–H groups in total. The van der Waals surface area contributed by atoms with Crippen LogP contribution < -0.4 is 15.8 Å².